The summed E-state index contributed by atoms with van der Waals surface area (Å²) in [4.78, 5) is 5.33. The Morgan fingerprint density at radius 2 is 1.79 bits per heavy atom. The second-order valence-electron chi connectivity index (χ2n) is 4.55. The zero-order valence-corrected chi connectivity index (χ0v) is 11.8. The molecule has 0 unspecified atom stereocenters. The van der Waals surface area contributed by atoms with Gasteiger partial charge in [0.2, 0.25) is 0 Å². The van der Waals surface area contributed by atoms with Gasteiger partial charge in [-0.2, -0.15) is 0 Å². The van der Waals surface area contributed by atoms with Gasteiger partial charge in [0.1, 0.15) is 0 Å². The van der Waals surface area contributed by atoms with Gasteiger partial charge in [0.05, 0.1) is 5.71 Å². The van der Waals surface area contributed by atoms with Crippen molar-refractivity contribution in [1.82, 2.24) is 0 Å². The monoisotopic (exact) mass is 258 g/mol. The topological polar surface area (TPSA) is 47.6 Å². The summed E-state index contributed by atoms with van der Waals surface area (Å²) in [5.74, 6) is 0.532. The van der Waals surface area contributed by atoms with Crippen molar-refractivity contribution < 1.29 is 4.84 Å². The summed E-state index contributed by atoms with van der Waals surface area (Å²) < 4.78 is 0. The lowest BCUT2D eigenvalue weighted by molar-refractivity contribution is 0.297. The van der Waals surface area contributed by atoms with Crippen molar-refractivity contribution in [3.05, 3.63) is 48.6 Å². The first-order valence-corrected chi connectivity index (χ1v) is 6.49. The van der Waals surface area contributed by atoms with Gasteiger partial charge in [-0.15, -0.1) is 0 Å². The van der Waals surface area contributed by atoms with Crippen LogP contribution >= 0.6 is 0 Å². The van der Waals surface area contributed by atoms with E-state index in [2.05, 4.69) is 25.2 Å². The average molecular weight is 258 g/mol. The van der Waals surface area contributed by atoms with Gasteiger partial charge in [0, 0.05) is 11.3 Å². The number of nitrogens with zero attached hydrogens (tertiary/aromatic N) is 1. The quantitative estimate of drug-likeness (QED) is 0.453. The molecule has 1 rings (SSSR count). The molecule has 0 aliphatic carbocycles. The molecule has 0 aliphatic rings. The maximum Gasteiger partial charge on any atom is 0.158 e. The number of nitrogens with two attached hydrogens (primary N) is 1. The average Bonchev–Trinajstić information content (AvgIpc) is 2.42. The predicted molar refractivity (Wildman–Crippen MR) is 82.4 cm³/mol. The van der Waals surface area contributed by atoms with Crippen molar-refractivity contribution in [2.75, 3.05) is 0 Å². The summed E-state index contributed by atoms with van der Waals surface area (Å²) in [5, 5.41) is 4.07. The Balaban J connectivity index is 2.60. The highest BCUT2D eigenvalue weighted by Crippen LogP contribution is 2.17. The molecule has 0 spiro atoms. The highest BCUT2D eigenvalue weighted by molar-refractivity contribution is 5.81. The fraction of sp³-hybridized carbons (Fsp3) is 0.312. The van der Waals surface area contributed by atoms with E-state index >= 15 is 0 Å². The Hall–Kier alpha value is -2.03. The van der Waals surface area contributed by atoms with E-state index in [0.29, 0.717) is 11.5 Å². The number of hydrogen-bond donors (Lipinski definition) is 1. The van der Waals surface area contributed by atoms with E-state index in [1.165, 1.54) is 0 Å². The van der Waals surface area contributed by atoms with Gasteiger partial charge in [-0.05, 0) is 25.3 Å². The lowest BCUT2D eigenvalue weighted by Gasteiger charge is -2.06. The van der Waals surface area contributed by atoms with Gasteiger partial charge in [-0.3, -0.25) is 0 Å². The first-order valence-electron chi connectivity index (χ1n) is 6.49. The zero-order chi connectivity index (χ0) is 14.3. The van der Waals surface area contributed by atoms with Crippen LogP contribution in [0.4, 0.5) is 0 Å². The molecule has 19 heavy (non-hydrogen) atoms. The van der Waals surface area contributed by atoms with Crippen LogP contribution in [0, 0.1) is 0 Å². The van der Waals surface area contributed by atoms with Gasteiger partial charge in [-0.25, -0.2) is 0 Å². The van der Waals surface area contributed by atoms with Gasteiger partial charge in [0.15, 0.2) is 5.76 Å². The highest BCUT2D eigenvalue weighted by atomic mass is 16.6. The molecular formula is C16H22N2O. The first kappa shape index (κ1) is 15.0. The molecule has 0 aromatic heterocycles. The zero-order valence-electron chi connectivity index (χ0n) is 11.8. The summed E-state index contributed by atoms with van der Waals surface area (Å²) in [7, 11) is 0. The maximum atomic E-state index is 5.61. The maximum absolute atomic E-state index is 5.61. The molecule has 0 bridgehead atoms. The van der Waals surface area contributed by atoms with Crippen molar-refractivity contribution >= 4 is 17.2 Å². The third-order valence-electron chi connectivity index (χ3n) is 2.78. The van der Waals surface area contributed by atoms with Gasteiger partial charge in [0.25, 0.3) is 0 Å². The number of hydrogen-bond acceptors (Lipinski definition) is 3. The number of rotatable bonds is 7. The third kappa shape index (κ3) is 5.00. The van der Waals surface area contributed by atoms with Gasteiger partial charge in [-0.1, -0.05) is 55.9 Å². The summed E-state index contributed by atoms with van der Waals surface area (Å²) in [6.07, 6.45) is 3.23. The fourth-order valence-electron chi connectivity index (χ4n) is 1.53. The van der Waals surface area contributed by atoms with Crippen molar-refractivity contribution in [2.24, 2.45) is 10.9 Å². The molecule has 3 heteroatoms. The second-order valence-corrected chi connectivity index (χ2v) is 4.55. The summed E-state index contributed by atoms with van der Waals surface area (Å²) >= 11 is 0. The molecule has 0 radical (unpaired) electrons. The van der Waals surface area contributed by atoms with Crippen LogP contribution in [-0.2, 0) is 4.84 Å². The standard InChI is InChI=1S/C16H22N2O/c1-5-6-7-12(2)18-19-14(4)16-10-8-15(9-11-16)13(3)17/h8-11H,3-7,17H2,1-2H3/b18-12+. The van der Waals surface area contributed by atoms with E-state index in [-0.39, 0.29) is 0 Å². The molecule has 2 N–H and O–H groups in total. The number of oxime groups is 1. The first-order chi connectivity index (χ1) is 9.04. The molecule has 1 aromatic rings. The minimum absolute atomic E-state index is 0.532. The molecule has 0 atom stereocenters. The molecule has 102 valence electrons. The van der Waals surface area contributed by atoms with Gasteiger partial charge >= 0.3 is 0 Å². The molecule has 0 fully saturated rings. The van der Waals surface area contributed by atoms with Crippen LogP contribution in [0.15, 0.2) is 42.6 Å². The van der Waals surface area contributed by atoms with E-state index < -0.39 is 0 Å². The molecule has 1 aromatic carbocycles. The number of unbranched alkanes of at least 4 members (excludes halogenated alkanes) is 1. The molecule has 0 amide bonds. The van der Waals surface area contributed by atoms with Crippen LogP contribution in [0.2, 0.25) is 0 Å². The molecule has 0 saturated carbocycles. The minimum Gasteiger partial charge on any atom is -0.399 e. The van der Waals surface area contributed by atoms with E-state index in [9.17, 15) is 0 Å². The Labute approximate surface area is 115 Å². The Bertz CT molecular complexity index is 472. The Morgan fingerprint density at radius 3 is 2.32 bits per heavy atom. The van der Waals surface area contributed by atoms with Crippen molar-refractivity contribution in [2.45, 2.75) is 33.1 Å². The molecule has 3 nitrogen and oxygen atoms in total. The van der Waals surface area contributed by atoms with Crippen molar-refractivity contribution in [3.8, 4) is 0 Å². The van der Waals surface area contributed by atoms with Crippen LogP contribution in [0.1, 0.15) is 44.2 Å². The summed E-state index contributed by atoms with van der Waals surface area (Å²) in [6, 6.07) is 7.57. The lowest BCUT2D eigenvalue weighted by atomic mass is 10.1. The summed E-state index contributed by atoms with van der Waals surface area (Å²) in [6.45, 7) is 11.7. The Kier molecular flexibility index (Phi) is 5.86. The molecule has 0 saturated heterocycles. The van der Waals surface area contributed by atoms with Crippen LogP contribution in [0.25, 0.3) is 11.5 Å². The van der Waals surface area contributed by atoms with E-state index in [1.54, 1.807) is 0 Å². The van der Waals surface area contributed by atoms with Crippen LogP contribution in [0.5, 0.6) is 0 Å². The second kappa shape index (κ2) is 7.41. The molecule has 0 aliphatic heterocycles. The fourth-order valence-corrected chi connectivity index (χ4v) is 1.53. The Morgan fingerprint density at radius 1 is 1.21 bits per heavy atom. The van der Waals surface area contributed by atoms with Gasteiger partial charge < -0.3 is 10.6 Å². The summed E-state index contributed by atoms with van der Waals surface area (Å²) in [5.41, 5.74) is 8.93. The van der Waals surface area contributed by atoms with Crippen molar-refractivity contribution in [1.29, 1.82) is 0 Å². The van der Waals surface area contributed by atoms with E-state index in [1.807, 2.05) is 31.2 Å². The minimum atomic E-state index is 0.532. The lowest BCUT2D eigenvalue weighted by Crippen LogP contribution is -1.95. The highest BCUT2D eigenvalue weighted by Gasteiger charge is 2.01. The van der Waals surface area contributed by atoms with E-state index in [0.717, 1.165) is 36.1 Å². The van der Waals surface area contributed by atoms with Crippen LogP contribution in [0.3, 0.4) is 0 Å². The largest absolute Gasteiger partial charge is 0.399 e. The predicted octanol–water partition coefficient (Wildman–Crippen LogP) is 4.17. The number of benzene rings is 1. The third-order valence-corrected chi connectivity index (χ3v) is 2.78. The van der Waals surface area contributed by atoms with E-state index in [4.69, 9.17) is 10.6 Å². The SMILES string of the molecule is C=C(N)c1ccc(C(=C)O/N=C(\C)CCCC)cc1. The molecular weight excluding hydrogens is 236 g/mol. The van der Waals surface area contributed by atoms with Crippen molar-refractivity contribution in [3.63, 3.8) is 0 Å². The van der Waals surface area contributed by atoms with Crippen LogP contribution in [-0.4, -0.2) is 5.71 Å². The smallest absolute Gasteiger partial charge is 0.158 e. The normalized spacial score (nSPS) is 11.2. The van der Waals surface area contributed by atoms with Crippen LogP contribution < -0.4 is 5.73 Å². The molecule has 0 heterocycles.